The first-order valence-corrected chi connectivity index (χ1v) is 12.7. The van der Waals surface area contributed by atoms with Gasteiger partial charge in [0.15, 0.2) is 0 Å². The molecule has 3 N–H and O–H groups in total. The molecule has 40 heavy (non-hydrogen) atoms. The summed E-state index contributed by atoms with van der Waals surface area (Å²) in [5, 5.41) is 15.9. The number of hydrogen-bond donors (Lipinski definition) is 3. The van der Waals surface area contributed by atoms with Crippen molar-refractivity contribution in [3.8, 4) is 17.0 Å². The van der Waals surface area contributed by atoms with Gasteiger partial charge in [-0.05, 0) is 79.9 Å². The monoisotopic (exact) mass is 548 g/mol. The number of carbonyl (C=O) groups excluding carboxylic acids is 1. The molecular weight excluding hydrogens is 521 g/mol. The molecule has 206 valence electrons. The van der Waals surface area contributed by atoms with Gasteiger partial charge in [0.1, 0.15) is 23.2 Å². The van der Waals surface area contributed by atoms with Crippen LogP contribution < -0.4 is 10.6 Å². The molecule has 0 unspecified atom stereocenters. The molecule has 1 aliphatic rings. The van der Waals surface area contributed by atoms with E-state index in [2.05, 4.69) is 25.6 Å². The molecule has 11 heteroatoms. The molecule has 0 spiro atoms. The number of rotatable bonds is 6. The quantitative estimate of drug-likeness (QED) is 0.270. The Morgan fingerprint density at radius 1 is 0.975 bits per heavy atom. The third kappa shape index (κ3) is 6.48. The van der Waals surface area contributed by atoms with Gasteiger partial charge in [-0.2, -0.15) is 13.2 Å². The number of hydrogen-bond acceptors (Lipinski definition) is 7. The second-order valence-electron chi connectivity index (χ2n) is 9.66. The van der Waals surface area contributed by atoms with Crippen LogP contribution in [0.15, 0.2) is 73.1 Å². The summed E-state index contributed by atoms with van der Waals surface area (Å²) in [6, 6.07) is 15.7. The van der Waals surface area contributed by atoms with Crippen LogP contribution in [-0.2, 0) is 6.18 Å². The summed E-state index contributed by atoms with van der Waals surface area (Å²) in [6.07, 6.45) is -0.156. The first kappa shape index (κ1) is 26.9. The van der Waals surface area contributed by atoms with Crippen LogP contribution in [0.25, 0.3) is 11.3 Å². The summed E-state index contributed by atoms with van der Waals surface area (Å²) in [6.45, 7) is 3.05. The van der Waals surface area contributed by atoms with Crippen molar-refractivity contribution in [3.63, 3.8) is 0 Å². The maximum atomic E-state index is 13.1. The first-order valence-electron chi connectivity index (χ1n) is 12.7. The van der Waals surface area contributed by atoms with Crippen LogP contribution >= 0.6 is 0 Å². The maximum Gasteiger partial charge on any atom is 0.416 e. The van der Waals surface area contributed by atoms with E-state index in [1.807, 2.05) is 25.1 Å². The summed E-state index contributed by atoms with van der Waals surface area (Å²) >= 11 is 0. The Hall–Kier alpha value is -4.67. The van der Waals surface area contributed by atoms with E-state index in [-0.39, 0.29) is 23.5 Å². The van der Waals surface area contributed by atoms with E-state index < -0.39 is 11.7 Å². The van der Waals surface area contributed by atoms with E-state index in [1.54, 1.807) is 29.3 Å². The number of anilines is 3. The molecule has 0 radical (unpaired) electrons. The van der Waals surface area contributed by atoms with Crippen LogP contribution in [0, 0.1) is 6.92 Å². The lowest BCUT2D eigenvalue weighted by Crippen LogP contribution is -2.42. The minimum atomic E-state index is -4.46. The van der Waals surface area contributed by atoms with Crippen molar-refractivity contribution in [2.45, 2.75) is 32.0 Å². The molecule has 1 aromatic carbocycles. The molecule has 8 nitrogen and oxygen atoms in total. The highest BCUT2D eigenvalue weighted by atomic mass is 19.4. The Morgan fingerprint density at radius 2 is 1.77 bits per heavy atom. The van der Waals surface area contributed by atoms with Gasteiger partial charge < -0.3 is 20.6 Å². The molecule has 1 saturated heterocycles. The third-order valence-corrected chi connectivity index (χ3v) is 6.60. The zero-order valence-corrected chi connectivity index (χ0v) is 21.6. The highest BCUT2D eigenvalue weighted by Crippen LogP contribution is 2.31. The molecule has 3 aromatic heterocycles. The Morgan fingerprint density at radius 3 is 2.48 bits per heavy atom. The number of nitrogens with one attached hydrogen (secondary N) is 2. The molecule has 1 fully saturated rings. The summed E-state index contributed by atoms with van der Waals surface area (Å²) in [5.74, 6) is 1.08. The van der Waals surface area contributed by atoms with Gasteiger partial charge in [-0.15, -0.1) is 0 Å². The second kappa shape index (κ2) is 11.2. The van der Waals surface area contributed by atoms with Crippen LogP contribution in [0.3, 0.4) is 0 Å². The molecular formula is C29H27F3N6O2. The number of carbonyl (C=O) groups is 1. The van der Waals surface area contributed by atoms with Gasteiger partial charge in [0.05, 0.1) is 11.3 Å². The highest BCUT2D eigenvalue weighted by Gasteiger charge is 2.30. The van der Waals surface area contributed by atoms with Gasteiger partial charge in [-0.25, -0.2) is 15.0 Å². The Bertz CT molecular complexity index is 1500. The summed E-state index contributed by atoms with van der Waals surface area (Å²) in [5.41, 5.74) is 1.92. The van der Waals surface area contributed by atoms with Gasteiger partial charge in [0.2, 0.25) is 0 Å². The average molecular weight is 549 g/mol. The van der Waals surface area contributed by atoms with Crippen LogP contribution in [0.5, 0.6) is 5.75 Å². The van der Waals surface area contributed by atoms with Crippen LogP contribution in [0.1, 0.15) is 34.3 Å². The van der Waals surface area contributed by atoms with E-state index in [0.29, 0.717) is 36.0 Å². The van der Waals surface area contributed by atoms with Crippen molar-refractivity contribution in [2.75, 3.05) is 23.7 Å². The number of piperidine rings is 1. The Kier molecular flexibility index (Phi) is 7.54. The third-order valence-electron chi connectivity index (χ3n) is 6.60. The van der Waals surface area contributed by atoms with Crippen molar-refractivity contribution in [1.82, 2.24) is 19.9 Å². The molecule has 4 aromatic rings. The normalized spacial score (nSPS) is 14.2. The van der Waals surface area contributed by atoms with E-state index in [9.17, 15) is 23.1 Å². The van der Waals surface area contributed by atoms with Gasteiger partial charge in [-0.3, -0.25) is 4.79 Å². The highest BCUT2D eigenvalue weighted by molar-refractivity contribution is 5.94. The van der Waals surface area contributed by atoms with E-state index in [0.717, 1.165) is 42.3 Å². The Labute approximate surface area is 228 Å². The number of amides is 1. The second-order valence-corrected chi connectivity index (χ2v) is 9.66. The van der Waals surface area contributed by atoms with Crippen molar-refractivity contribution >= 4 is 23.4 Å². The number of phenols is 1. The van der Waals surface area contributed by atoms with E-state index in [4.69, 9.17) is 0 Å². The number of benzene rings is 1. The number of phenolic OH excluding ortho intramolecular Hbond substituents is 1. The summed E-state index contributed by atoms with van der Waals surface area (Å²) in [4.78, 5) is 27.6. The van der Waals surface area contributed by atoms with Gasteiger partial charge in [0, 0.05) is 42.7 Å². The number of aromatic nitrogens is 3. The lowest BCUT2D eigenvalue weighted by molar-refractivity contribution is -0.137. The number of aromatic hydroxyl groups is 1. The maximum absolute atomic E-state index is 13.1. The molecule has 1 amide bonds. The first-order chi connectivity index (χ1) is 19.1. The average Bonchev–Trinajstić information content (AvgIpc) is 2.93. The van der Waals surface area contributed by atoms with Crippen molar-refractivity contribution in [1.29, 1.82) is 0 Å². The van der Waals surface area contributed by atoms with E-state index >= 15 is 0 Å². The van der Waals surface area contributed by atoms with Gasteiger partial charge in [0.25, 0.3) is 5.91 Å². The number of likely N-dealkylation sites (tertiary alicyclic amines) is 1. The standard InChI is InChI=1S/C29H27F3N6O2/c1-18-13-24(36-27(14-18)37-26-16-21(7-10-33-26)29(30,31)32)20-5-6-25(34-17-20)35-22-8-11-38(12-9-22)28(40)19-3-2-4-23(39)15-19/h2-7,10,13-17,22,39H,8-9,11-12H2,1H3,(H,34,35)(H,33,36,37). The minimum absolute atomic E-state index is 0.0474. The SMILES string of the molecule is Cc1cc(Nc2cc(C(F)(F)F)ccn2)nc(-c2ccc(NC3CCN(C(=O)c4cccc(O)c4)CC3)nc2)c1. The topological polar surface area (TPSA) is 103 Å². The van der Waals surface area contributed by atoms with Crippen LogP contribution in [-0.4, -0.2) is 50.0 Å². The van der Waals surface area contributed by atoms with E-state index in [1.165, 1.54) is 12.1 Å². The van der Waals surface area contributed by atoms with Crippen molar-refractivity contribution in [2.24, 2.45) is 0 Å². The fourth-order valence-corrected chi connectivity index (χ4v) is 4.57. The molecule has 0 atom stereocenters. The molecule has 4 heterocycles. The van der Waals surface area contributed by atoms with Gasteiger partial charge >= 0.3 is 6.18 Å². The summed E-state index contributed by atoms with van der Waals surface area (Å²) in [7, 11) is 0. The summed E-state index contributed by atoms with van der Waals surface area (Å²) < 4.78 is 39.2. The molecule has 0 aliphatic carbocycles. The predicted octanol–water partition coefficient (Wildman–Crippen LogP) is 6.03. The number of halogens is 3. The predicted molar refractivity (Wildman–Crippen MR) is 145 cm³/mol. The van der Waals surface area contributed by atoms with Crippen molar-refractivity contribution in [3.05, 3.63) is 89.7 Å². The molecule has 1 aliphatic heterocycles. The lowest BCUT2D eigenvalue weighted by atomic mass is 10.0. The number of aryl methyl sites for hydroxylation is 1. The largest absolute Gasteiger partial charge is 0.508 e. The fraction of sp³-hybridized carbons (Fsp3) is 0.241. The molecule has 0 saturated carbocycles. The fourth-order valence-electron chi connectivity index (χ4n) is 4.57. The number of alkyl halides is 3. The van der Waals surface area contributed by atoms with Crippen LogP contribution in [0.4, 0.5) is 30.6 Å². The zero-order chi connectivity index (χ0) is 28.3. The zero-order valence-electron chi connectivity index (χ0n) is 21.6. The lowest BCUT2D eigenvalue weighted by Gasteiger charge is -2.32. The molecule has 0 bridgehead atoms. The minimum Gasteiger partial charge on any atom is -0.508 e. The number of nitrogens with zero attached hydrogens (tertiary/aromatic N) is 4. The Balaban J connectivity index is 1.21. The number of pyridine rings is 3. The van der Waals surface area contributed by atoms with Crippen LogP contribution in [0.2, 0.25) is 0 Å². The molecule has 5 rings (SSSR count). The smallest absolute Gasteiger partial charge is 0.416 e. The van der Waals surface area contributed by atoms with Crippen molar-refractivity contribution < 1.29 is 23.1 Å². The van der Waals surface area contributed by atoms with Gasteiger partial charge in [-0.1, -0.05) is 6.07 Å².